The van der Waals surface area contributed by atoms with E-state index in [0.717, 1.165) is 13.0 Å². The molecule has 3 nitrogen and oxygen atoms in total. The first-order valence-electron chi connectivity index (χ1n) is 5.85. The second-order valence-corrected chi connectivity index (χ2v) is 4.40. The summed E-state index contributed by atoms with van der Waals surface area (Å²) in [5.41, 5.74) is 0.616. The van der Waals surface area contributed by atoms with E-state index in [1.54, 1.807) is 13.0 Å². The fourth-order valence-corrected chi connectivity index (χ4v) is 1.90. The van der Waals surface area contributed by atoms with Gasteiger partial charge in [0.15, 0.2) is 0 Å². The normalized spacial score (nSPS) is 21.5. The van der Waals surface area contributed by atoms with E-state index >= 15 is 0 Å². The van der Waals surface area contributed by atoms with Crippen LogP contribution in [0.2, 0.25) is 0 Å². The van der Waals surface area contributed by atoms with Crippen molar-refractivity contribution in [3.05, 3.63) is 29.6 Å². The SMILES string of the molecule is C[C@H](O)c1ccc(F)cc1OCC1CCOC1. The van der Waals surface area contributed by atoms with Crippen LogP contribution in [0.15, 0.2) is 18.2 Å². The van der Waals surface area contributed by atoms with E-state index in [4.69, 9.17) is 9.47 Å². The third kappa shape index (κ3) is 3.17. The Morgan fingerprint density at radius 2 is 2.41 bits per heavy atom. The Bertz CT molecular complexity index is 373. The molecule has 1 aliphatic rings. The van der Waals surface area contributed by atoms with Crippen molar-refractivity contribution in [1.82, 2.24) is 0 Å². The summed E-state index contributed by atoms with van der Waals surface area (Å²) in [7, 11) is 0. The molecule has 0 aromatic heterocycles. The first-order valence-corrected chi connectivity index (χ1v) is 5.85. The van der Waals surface area contributed by atoms with Gasteiger partial charge in [0, 0.05) is 24.2 Å². The van der Waals surface area contributed by atoms with Gasteiger partial charge in [0.05, 0.1) is 19.3 Å². The maximum absolute atomic E-state index is 13.1. The molecule has 0 radical (unpaired) electrons. The van der Waals surface area contributed by atoms with E-state index in [2.05, 4.69) is 0 Å². The molecular formula is C13H17FO3. The highest BCUT2D eigenvalue weighted by Gasteiger charge is 2.18. The molecule has 1 aromatic rings. The molecule has 1 fully saturated rings. The molecule has 1 N–H and O–H groups in total. The standard InChI is InChI=1S/C13H17FO3/c1-9(15)12-3-2-11(14)6-13(12)17-8-10-4-5-16-7-10/h2-3,6,9-10,15H,4-5,7-8H2,1H3/t9-,10?/m0/s1. The largest absolute Gasteiger partial charge is 0.493 e. The van der Waals surface area contributed by atoms with Gasteiger partial charge in [-0.25, -0.2) is 4.39 Å². The number of ether oxygens (including phenoxy) is 2. The number of aliphatic hydroxyl groups is 1. The molecule has 0 aliphatic carbocycles. The van der Waals surface area contributed by atoms with Gasteiger partial charge in [-0.1, -0.05) is 0 Å². The quantitative estimate of drug-likeness (QED) is 0.877. The molecule has 0 bridgehead atoms. The zero-order valence-corrected chi connectivity index (χ0v) is 9.86. The van der Waals surface area contributed by atoms with Crippen molar-refractivity contribution in [3.8, 4) is 5.75 Å². The summed E-state index contributed by atoms with van der Waals surface area (Å²) < 4.78 is 24.0. The van der Waals surface area contributed by atoms with Crippen LogP contribution in [0.3, 0.4) is 0 Å². The molecule has 1 aromatic carbocycles. The van der Waals surface area contributed by atoms with Crippen LogP contribution in [-0.2, 0) is 4.74 Å². The van der Waals surface area contributed by atoms with Gasteiger partial charge in [0.2, 0.25) is 0 Å². The van der Waals surface area contributed by atoms with E-state index in [-0.39, 0.29) is 5.82 Å². The minimum atomic E-state index is -0.662. The molecule has 0 amide bonds. The van der Waals surface area contributed by atoms with Gasteiger partial charge in [-0.2, -0.15) is 0 Å². The van der Waals surface area contributed by atoms with E-state index in [9.17, 15) is 9.50 Å². The average molecular weight is 240 g/mol. The maximum Gasteiger partial charge on any atom is 0.128 e. The molecule has 1 saturated heterocycles. The Labute approximate surface area is 100 Å². The lowest BCUT2D eigenvalue weighted by Gasteiger charge is -2.15. The highest BCUT2D eigenvalue weighted by Crippen LogP contribution is 2.27. The fraction of sp³-hybridized carbons (Fsp3) is 0.538. The van der Waals surface area contributed by atoms with Crippen LogP contribution >= 0.6 is 0 Å². The van der Waals surface area contributed by atoms with Crippen LogP contribution in [0.25, 0.3) is 0 Å². The number of benzene rings is 1. The van der Waals surface area contributed by atoms with E-state index in [1.807, 2.05) is 0 Å². The lowest BCUT2D eigenvalue weighted by molar-refractivity contribution is 0.161. The predicted molar refractivity (Wildman–Crippen MR) is 61.5 cm³/mol. The smallest absolute Gasteiger partial charge is 0.128 e. The summed E-state index contributed by atoms with van der Waals surface area (Å²) in [6.07, 6.45) is 0.310. The molecule has 94 valence electrons. The van der Waals surface area contributed by atoms with Crippen molar-refractivity contribution in [2.75, 3.05) is 19.8 Å². The van der Waals surface area contributed by atoms with E-state index in [1.165, 1.54) is 12.1 Å². The molecule has 1 aliphatic heterocycles. The minimum absolute atomic E-state index is 0.355. The molecule has 0 spiro atoms. The summed E-state index contributed by atoms with van der Waals surface area (Å²) in [6.45, 7) is 3.60. The van der Waals surface area contributed by atoms with Crippen molar-refractivity contribution in [2.45, 2.75) is 19.4 Å². The minimum Gasteiger partial charge on any atom is -0.493 e. The zero-order valence-electron chi connectivity index (χ0n) is 9.86. The molecule has 0 saturated carbocycles. The Balaban J connectivity index is 2.04. The second kappa shape index (κ2) is 5.47. The Hall–Kier alpha value is -1.13. The lowest BCUT2D eigenvalue weighted by Crippen LogP contribution is -2.13. The van der Waals surface area contributed by atoms with Crippen molar-refractivity contribution >= 4 is 0 Å². The second-order valence-electron chi connectivity index (χ2n) is 4.40. The van der Waals surface area contributed by atoms with Gasteiger partial charge in [-0.05, 0) is 25.5 Å². The van der Waals surface area contributed by atoms with Crippen LogP contribution in [0.5, 0.6) is 5.75 Å². The molecule has 2 atom stereocenters. The predicted octanol–water partition coefficient (Wildman–Crippen LogP) is 2.29. The highest BCUT2D eigenvalue weighted by molar-refractivity contribution is 5.35. The van der Waals surface area contributed by atoms with Crippen LogP contribution < -0.4 is 4.74 Å². The molecular weight excluding hydrogens is 223 g/mol. The first-order chi connectivity index (χ1) is 8.16. The van der Waals surface area contributed by atoms with Crippen LogP contribution in [0.1, 0.15) is 25.0 Å². The monoisotopic (exact) mass is 240 g/mol. The summed E-state index contributed by atoms with van der Waals surface area (Å²) in [5, 5.41) is 9.56. The summed E-state index contributed by atoms with van der Waals surface area (Å²) >= 11 is 0. The van der Waals surface area contributed by atoms with Gasteiger partial charge in [-0.15, -0.1) is 0 Å². The summed E-state index contributed by atoms with van der Waals surface area (Å²) in [5.74, 6) is 0.430. The Morgan fingerprint density at radius 3 is 3.06 bits per heavy atom. The lowest BCUT2D eigenvalue weighted by atomic mass is 10.1. The fourth-order valence-electron chi connectivity index (χ4n) is 1.90. The van der Waals surface area contributed by atoms with Gasteiger partial charge >= 0.3 is 0 Å². The Morgan fingerprint density at radius 1 is 1.59 bits per heavy atom. The number of aliphatic hydroxyl groups excluding tert-OH is 1. The Kier molecular flexibility index (Phi) is 3.97. The van der Waals surface area contributed by atoms with E-state index in [0.29, 0.717) is 30.4 Å². The zero-order chi connectivity index (χ0) is 12.3. The third-order valence-corrected chi connectivity index (χ3v) is 2.92. The van der Waals surface area contributed by atoms with Crippen LogP contribution in [0.4, 0.5) is 4.39 Å². The van der Waals surface area contributed by atoms with Gasteiger partial charge in [0.25, 0.3) is 0 Å². The van der Waals surface area contributed by atoms with Crippen molar-refractivity contribution in [2.24, 2.45) is 5.92 Å². The van der Waals surface area contributed by atoms with Crippen molar-refractivity contribution in [3.63, 3.8) is 0 Å². The topological polar surface area (TPSA) is 38.7 Å². The number of hydrogen-bond donors (Lipinski definition) is 1. The summed E-state index contributed by atoms with van der Waals surface area (Å²) in [6, 6.07) is 4.20. The van der Waals surface area contributed by atoms with Gasteiger partial charge in [0.1, 0.15) is 11.6 Å². The van der Waals surface area contributed by atoms with Crippen LogP contribution in [-0.4, -0.2) is 24.9 Å². The molecule has 4 heteroatoms. The molecule has 2 rings (SSSR count). The molecule has 17 heavy (non-hydrogen) atoms. The van der Waals surface area contributed by atoms with Crippen molar-refractivity contribution in [1.29, 1.82) is 0 Å². The van der Waals surface area contributed by atoms with Crippen molar-refractivity contribution < 1.29 is 19.0 Å². The van der Waals surface area contributed by atoms with Gasteiger partial charge < -0.3 is 14.6 Å². The van der Waals surface area contributed by atoms with E-state index < -0.39 is 6.10 Å². The average Bonchev–Trinajstić information content (AvgIpc) is 2.78. The molecule has 1 unspecified atom stereocenters. The highest BCUT2D eigenvalue weighted by atomic mass is 19.1. The maximum atomic E-state index is 13.1. The first kappa shape index (κ1) is 12.3. The number of hydrogen-bond acceptors (Lipinski definition) is 3. The third-order valence-electron chi connectivity index (χ3n) is 2.92. The summed E-state index contributed by atoms with van der Waals surface area (Å²) in [4.78, 5) is 0. The van der Waals surface area contributed by atoms with Crippen LogP contribution in [0, 0.1) is 11.7 Å². The number of rotatable bonds is 4. The molecule has 1 heterocycles. The van der Waals surface area contributed by atoms with Gasteiger partial charge in [-0.3, -0.25) is 0 Å². The number of halogens is 1.